The van der Waals surface area contributed by atoms with Crippen LogP contribution >= 0.6 is 11.3 Å². The van der Waals surface area contributed by atoms with E-state index in [1.807, 2.05) is 40.1 Å². The van der Waals surface area contributed by atoms with Crippen molar-refractivity contribution in [3.8, 4) is 0 Å². The van der Waals surface area contributed by atoms with Crippen molar-refractivity contribution in [1.82, 2.24) is 20.3 Å². The molecular weight excluding hydrogens is 246 g/mol. The average molecular weight is 263 g/mol. The Kier molecular flexibility index (Phi) is 3.88. The molecule has 0 aliphatic rings. The standard InChI is InChI=1S/C12H17N5S/c1-7-5-10(16-11(15-7)9(3)13-4)17-12-14-6-8(2)18-12/h5-6,9,13H,1-4H3,(H,14,15,16,17)/t9-/m1/s1. The molecular formula is C12H17N5S. The second kappa shape index (κ2) is 5.41. The number of nitrogens with one attached hydrogen (secondary N) is 2. The van der Waals surface area contributed by atoms with Crippen LogP contribution in [0.5, 0.6) is 0 Å². The first-order chi connectivity index (χ1) is 8.58. The summed E-state index contributed by atoms with van der Waals surface area (Å²) in [7, 11) is 1.90. The normalized spacial score (nSPS) is 12.4. The van der Waals surface area contributed by atoms with Crippen LogP contribution in [0.1, 0.15) is 29.4 Å². The number of rotatable bonds is 4. The summed E-state index contributed by atoms with van der Waals surface area (Å²) in [5.41, 5.74) is 0.942. The van der Waals surface area contributed by atoms with Crippen molar-refractivity contribution in [2.75, 3.05) is 12.4 Å². The van der Waals surface area contributed by atoms with Gasteiger partial charge in [0.2, 0.25) is 0 Å². The Morgan fingerprint density at radius 2 is 2.06 bits per heavy atom. The lowest BCUT2D eigenvalue weighted by Crippen LogP contribution is -2.16. The molecule has 2 rings (SSSR count). The molecule has 5 nitrogen and oxygen atoms in total. The molecule has 96 valence electrons. The molecule has 0 radical (unpaired) electrons. The number of hydrogen-bond donors (Lipinski definition) is 2. The van der Waals surface area contributed by atoms with E-state index < -0.39 is 0 Å². The third-order valence-electron chi connectivity index (χ3n) is 2.55. The van der Waals surface area contributed by atoms with Gasteiger partial charge >= 0.3 is 0 Å². The van der Waals surface area contributed by atoms with Gasteiger partial charge in [0.05, 0.1) is 6.04 Å². The molecule has 2 aromatic heterocycles. The molecule has 0 aromatic carbocycles. The van der Waals surface area contributed by atoms with Crippen LogP contribution in [0.2, 0.25) is 0 Å². The third-order valence-corrected chi connectivity index (χ3v) is 3.38. The lowest BCUT2D eigenvalue weighted by molar-refractivity contribution is 0.609. The zero-order valence-electron chi connectivity index (χ0n) is 11.0. The van der Waals surface area contributed by atoms with Gasteiger partial charge in [-0.1, -0.05) is 0 Å². The van der Waals surface area contributed by atoms with Crippen molar-refractivity contribution >= 4 is 22.3 Å². The summed E-state index contributed by atoms with van der Waals surface area (Å²) in [6, 6.07) is 2.05. The Morgan fingerprint density at radius 3 is 2.67 bits per heavy atom. The molecule has 2 N–H and O–H groups in total. The van der Waals surface area contributed by atoms with E-state index in [1.54, 1.807) is 11.3 Å². The first kappa shape index (κ1) is 12.9. The molecule has 0 aliphatic heterocycles. The van der Waals surface area contributed by atoms with Crippen LogP contribution < -0.4 is 10.6 Å². The number of aromatic nitrogens is 3. The molecule has 0 saturated carbocycles. The number of nitrogens with zero attached hydrogens (tertiary/aromatic N) is 3. The summed E-state index contributed by atoms with van der Waals surface area (Å²) >= 11 is 1.61. The van der Waals surface area contributed by atoms with Crippen molar-refractivity contribution in [3.05, 3.63) is 28.7 Å². The van der Waals surface area contributed by atoms with Crippen LogP contribution in [-0.4, -0.2) is 22.0 Å². The summed E-state index contributed by atoms with van der Waals surface area (Å²) in [5, 5.41) is 7.21. The molecule has 0 bridgehead atoms. The van der Waals surface area contributed by atoms with Gasteiger partial charge < -0.3 is 10.6 Å². The van der Waals surface area contributed by atoms with Crippen molar-refractivity contribution in [3.63, 3.8) is 0 Å². The van der Waals surface area contributed by atoms with E-state index >= 15 is 0 Å². The highest BCUT2D eigenvalue weighted by molar-refractivity contribution is 7.15. The van der Waals surface area contributed by atoms with Crippen LogP contribution in [0.25, 0.3) is 0 Å². The summed E-state index contributed by atoms with van der Waals surface area (Å²) < 4.78 is 0. The molecule has 0 saturated heterocycles. The summed E-state index contributed by atoms with van der Waals surface area (Å²) in [5.74, 6) is 1.57. The molecule has 0 spiro atoms. The number of anilines is 2. The minimum Gasteiger partial charge on any atom is -0.316 e. The average Bonchev–Trinajstić information content (AvgIpc) is 2.73. The largest absolute Gasteiger partial charge is 0.316 e. The molecule has 1 atom stereocenters. The number of aryl methyl sites for hydroxylation is 2. The maximum absolute atomic E-state index is 4.49. The first-order valence-corrected chi connectivity index (χ1v) is 6.62. The summed E-state index contributed by atoms with van der Waals surface area (Å²) in [4.78, 5) is 14.4. The van der Waals surface area contributed by atoms with Crippen LogP contribution in [-0.2, 0) is 0 Å². The predicted octanol–water partition coefficient (Wildman–Crippen LogP) is 2.57. The van der Waals surface area contributed by atoms with Crippen LogP contribution in [0.15, 0.2) is 12.3 Å². The Labute approximate surface area is 111 Å². The molecule has 2 heterocycles. The van der Waals surface area contributed by atoms with Gasteiger partial charge in [-0.15, -0.1) is 11.3 Å². The third kappa shape index (κ3) is 3.02. The topological polar surface area (TPSA) is 62.7 Å². The van der Waals surface area contributed by atoms with E-state index in [0.717, 1.165) is 22.5 Å². The minimum absolute atomic E-state index is 0.128. The van der Waals surface area contributed by atoms with Gasteiger partial charge in [-0.25, -0.2) is 15.0 Å². The molecule has 0 fully saturated rings. The van der Waals surface area contributed by atoms with Gasteiger partial charge in [-0.2, -0.15) is 0 Å². The zero-order chi connectivity index (χ0) is 13.1. The monoisotopic (exact) mass is 263 g/mol. The lowest BCUT2D eigenvalue weighted by Gasteiger charge is -2.11. The van der Waals surface area contributed by atoms with Crippen LogP contribution in [0.4, 0.5) is 10.9 Å². The Bertz CT molecular complexity index is 537. The first-order valence-electron chi connectivity index (χ1n) is 5.81. The van der Waals surface area contributed by atoms with E-state index in [2.05, 4.69) is 25.6 Å². The van der Waals surface area contributed by atoms with E-state index in [1.165, 1.54) is 4.88 Å². The van der Waals surface area contributed by atoms with E-state index in [4.69, 9.17) is 0 Å². The molecule has 18 heavy (non-hydrogen) atoms. The van der Waals surface area contributed by atoms with Crippen molar-refractivity contribution in [1.29, 1.82) is 0 Å². The number of thiazole rings is 1. The fraction of sp³-hybridized carbons (Fsp3) is 0.417. The van der Waals surface area contributed by atoms with Crippen LogP contribution in [0, 0.1) is 13.8 Å². The lowest BCUT2D eigenvalue weighted by atomic mass is 10.3. The zero-order valence-corrected chi connectivity index (χ0v) is 11.8. The quantitative estimate of drug-likeness (QED) is 0.887. The highest BCUT2D eigenvalue weighted by Crippen LogP contribution is 2.21. The minimum atomic E-state index is 0.128. The summed E-state index contributed by atoms with van der Waals surface area (Å²) in [6.45, 7) is 6.03. The molecule has 0 aliphatic carbocycles. The molecule has 0 amide bonds. The van der Waals surface area contributed by atoms with Gasteiger partial charge in [0, 0.05) is 22.8 Å². The maximum Gasteiger partial charge on any atom is 0.188 e. The second-order valence-electron chi connectivity index (χ2n) is 4.16. The fourth-order valence-electron chi connectivity index (χ4n) is 1.50. The Morgan fingerprint density at radius 1 is 1.28 bits per heavy atom. The van der Waals surface area contributed by atoms with Crippen LogP contribution in [0.3, 0.4) is 0 Å². The second-order valence-corrected chi connectivity index (χ2v) is 5.40. The Hall–Kier alpha value is -1.53. The van der Waals surface area contributed by atoms with Gasteiger partial charge in [-0.3, -0.25) is 0 Å². The van der Waals surface area contributed by atoms with Gasteiger partial charge in [0.25, 0.3) is 0 Å². The smallest absolute Gasteiger partial charge is 0.188 e. The maximum atomic E-state index is 4.49. The Balaban J connectivity index is 2.25. The van der Waals surface area contributed by atoms with Gasteiger partial charge in [-0.05, 0) is 27.8 Å². The van der Waals surface area contributed by atoms with E-state index in [9.17, 15) is 0 Å². The molecule has 6 heteroatoms. The highest BCUT2D eigenvalue weighted by atomic mass is 32.1. The highest BCUT2D eigenvalue weighted by Gasteiger charge is 2.09. The van der Waals surface area contributed by atoms with Gasteiger partial charge in [0.15, 0.2) is 5.13 Å². The molecule has 2 aromatic rings. The number of hydrogen-bond acceptors (Lipinski definition) is 6. The van der Waals surface area contributed by atoms with E-state index in [0.29, 0.717) is 0 Å². The van der Waals surface area contributed by atoms with Gasteiger partial charge in [0.1, 0.15) is 11.6 Å². The molecule has 0 unspecified atom stereocenters. The predicted molar refractivity (Wildman–Crippen MR) is 74.4 cm³/mol. The summed E-state index contributed by atoms with van der Waals surface area (Å²) in [6.07, 6.45) is 1.85. The van der Waals surface area contributed by atoms with E-state index in [-0.39, 0.29) is 6.04 Å². The fourth-order valence-corrected chi connectivity index (χ4v) is 2.17. The SMILES string of the molecule is CN[C@H](C)c1nc(C)cc(Nc2ncc(C)s2)n1. The van der Waals surface area contributed by atoms with Crippen molar-refractivity contribution in [2.24, 2.45) is 0 Å². The van der Waals surface area contributed by atoms with Crippen molar-refractivity contribution in [2.45, 2.75) is 26.8 Å². The van der Waals surface area contributed by atoms with Crippen molar-refractivity contribution < 1.29 is 0 Å².